The van der Waals surface area contributed by atoms with E-state index < -0.39 is 0 Å². The lowest BCUT2D eigenvalue weighted by molar-refractivity contribution is -0.123. The Morgan fingerprint density at radius 1 is 1.12 bits per heavy atom. The van der Waals surface area contributed by atoms with E-state index in [0.717, 1.165) is 18.6 Å². The predicted molar refractivity (Wildman–Crippen MR) is 105 cm³/mol. The number of carbonyl (C=O) groups excluding carboxylic acids is 1. The monoisotopic (exact) mass is 395 g/mol. The Balaban J connectivity index is 1.65. The fraction of sp³-hybridized carbons (Fsp3) is 0.350. The van der Waals surface area contributed by atoms with Crippen molar-refractivity contribution in [3.05, 3.63) is 58.1 Å². The van der Waals surface area contributed by atoms with Crippen LogP contribution in [0.25, 0.3) is 0 Å². The minimum absolute atomic E-state index is 0.0808. The molecule has 0 heterocycles. The number of rotatable bonds is 9. The van der Waals surface area contributed by atoms with Gasteiger partial charge in [-0.1, -0.05) is 35.3 Å². The molecule has 0 fully saturated rings. The smallest absolute Gasteiger partial charge is 0.257 e. The van der Waals surface area contributed by atoms with Crippen LogP contribution in [0.3, 0.4) is 0 Å². The summed E-state index contributed by atoms with van der Waals surface area (Å²) in [5.74, 6) is 1.13. The fourth-order valence-electron chi connectivity index (χ4n) is 2.31. The highest BCUT2D eigenvalue weighted by Gasteiger charge is 2.06. The molecule has 0 saturated carbocycles. The van der Waals surface area contributed by atoms with Crippen molar-refractivity contribution in [3.8, 4) is 11.5 Å². The molecule has 0 bridgehead atoms. The van der Waals surface area contributed by atoms with E-state index in [-0.39, 0.29) is 18.6 Å². The molecule has 2 aromatic rings. The second-order valence-corrected chi connectivity index (χ2v) is 6.97. The third-order valence-electron chi connectivity index (χ3n) is 3.51. The molecule has 0 aromatic heterocycles. The summed E-state index contributed by atoms with van der Waals surface area (Å²) in [5.41, 5.74) is 1.21. The number of hydrogen-bond acceptors (Lipinski definition) is 3. The Labute approximate surface area is 164 Å². The largest absolute Gasteiger partial charge is 0.491 e. The van der Waals surface area contributed by atoms with Gasteiger partial charge in [0.25, 0.3) is 5.91 Å². The standard InChI is InChI=1S/C20H23Cl2NO3/c1-14(2)26-17-8-5-15(6-9-17)4-3-11-23-20(24)13-25-19-10-7-16(21)12-18(19)22/h5-10,12,14H,3-4,11,13H2,1-2H3,(H,23,24). The van der Waals surface area contributed by atoms with Crippen molar-refractivity contribution in [2.45, 2.75) is 32.8 Å². The van der Waals surface area contributed by atoms with Crippen molar-refractivity contribution in [3.63, 3.8) is 0 Å². The number of carbonyl (C=O) groups is 1. The van der Waals surface area contributed by atoms with E-state index in [1.165, 1.54) is 5.56 Å². The number of ether oxygens (including phenoxy) is 2. The molecule has 0 aliphatic rings. The molecule has 0 aliphatic carbocycles. The van der Waals surface area contributed by atoms with Gasteiger partial charge in [-0.3, -0.25) is 4.79 Å². The van der Waals surface area contributed by atoms with E-state index in [0.29, 0.717) is 22.3 Å². The minimum atomic E-state index is -0.184. The summed E-state index contributed by atoms with van der Waals surface area (Å²) in [6, 6.07) is 12.9. The van der Waals surface area contributed by atoms with Crippen LogP contribution < -0.4 is 14.8 Å². The Bertz CT molecular complexity index is 717. The van der Waals surface area contributed by atoms with Gasteiger partial charge in [0.1, 0.15) is 11.5 Å². The maximum absolute atomic E-state index is 11.8. The molecule has 0 aliphatic heterocycles. The molecule has 2 aromatic carbocycles. The number of benzene rings is 2. The third-order valence-corrected chi connectivity index (χ3v) is 4.04. The highest BCUT2D eigenvalue weighted by molar-refractivity contribution is 6.35. The summed E-state index contributed by atoms with van der Waals surface area (Å²) in [4.78, 5) is 11.8. The lowest BCUT2D eigenvalue weighted by Crippen LogP contribution is -2.29. The third kappa shape index (κ3) is 7.14. The maximum Gasteiger partial charge on any atom is 0.257 e. The average Bonchev–Trinajstić information content (AvgIpc) is 2.59. The molecule has 2 rings (SSSR count). The van der Waals surface area contributed by atoms with Crippen LogP contribution in [0, 0.1) is 0 Å². The van der Waals surface area contributed by atoms with E-state index in [1.54, 1.807) is 18.2 Å². The number of nitrogens with one attached hydrogen (secondary N) is 1. The lowest BCUT2D eigenvalue weighted by Gasteiger charge is -2.10. The van der Waals surface area contributed by atoms with E-state index >= 15 is 0 Å². The van der Waals surface area contributed by atoms with Crippen molar-refractivity contribution in [2.24, 2.45) is 0 Å². The topological polar surface area (TPSA) is 47.6 Å². The molecule has 0 spiro atoms. The molecule has 4 nitrogen and oxygen atoms in total. The SMILES string of the molecule is CC(C)Oc1ccc(CCCNC(=O)COc2ccc(Cl)cc2Cl)cc1. The zero-order chi connectivity index (χ0) is 18.9. The first-order valence-electron chi connectivity index (χ1n) is 8.54. The first kappa shape index (κ1) is 20.4. The molecular formula is C20H23Cl2NO3. The van der Waals surface area contributed by atoms with Crippen LogP contribution >= 0.6 is 23.2 Å². The quantitative estimate of drug-likeness (QED) is 0.613. The molecule has 0 radical (unpaired) electrons. The Morgan fingerprint density at radius 3 is 2.50 bits per heavy atom. The molecule has 140 valence electrons. The van der Waals surface area contributed by atoms with Gasteiger partial charge in [-0.25, -0.2) is 0 Å². The highest BCUT2D eigenvalue weighted by atomic mass is 35.5. The Morgan fingerprint density at radius 2 is 1.85 bits per heavy atom. The van der Waals surface area contributed by atoms with Gasteiger partial charge in [0.2, 0.25) is 0 Å². The first-order valence-corrected chi connectivity index (χ1v) is 9.30. The molecule has 26 heavy (non-hydrogen) atoms. The molecule has 1 N–H and O–H groups in total. The van der Waals surface area contributed by atoms with Crippen molar-refractivity contribution >= 4 is 29.1 Å². The van der Waals surface area contributed by atoms with E-state index in [9.17, 15) is 4.79 Å². The summed E-state index contributed by atoms with van der Waals surface area (Å²) < 4.78 is 11.0. The van der Waals surface area contributed by atoms with Crippen LogP contribution in [-0.2, 0) is 11.2 Å². The number of halogens is 2. The average molecular weight is 396 g/mol. The first-order chi connectivity index (χ1) is 12.4. The maximum atomic E-state index is 11.8. The fourth-order valence-corrected chi connectivity index (χ4v) is 2.78. The van der Waals surface area contributed by atoms with E-state index in [4.69, 9.17) is 32.7 Å². The second kappa shape index (κ2) is 10.3. The molecule has 6 heteroatoms. The summed E-state index contributed by atoms with van der Waals surface area (Å²) in [5, 5.41) is 3.74. The Kier molecular flexibility index (Phi) is 8.07. The zero-order valence-electron chi connectivity index (χ0n) is 14.9. The minimum Gasteiger partial charge on any atom is -0.491 e. The van der Waals surface area contributed by atoms with Crippen LogP contribution in [-0.4, -0.2) is 25.2 Å². The van der Waals surface area contributed by atoms with Gasteiger partial charge < -0.3 is 14.8 Å². The van der Waals surface area contributed by atoms with Crippen molar-refractivity contribution in [1.82, 2.24) is 5.32 Å². The Hall–Kier alpha value is -1.91. The summed E-state index contributed by atoms with van der Waals surface area (Å²) in [7, 11) is 0. The predicted octanol–water partition coefficient (Wildman–Crippen LogP) is 4.91. The molecule has 0 unspecified atom stereocenters. The number of aryl methyl sites for hydroxylation is 1. The van der Waals surface area contributed by atoms with Gasteiger partial charge in [0.15, 0.2) is 6.61 Å². The van der Waals surface area contributed by atoms with Gasteiger partial charge in [0, 0.05) is 11.6 Å². The normalized spacial score (nSPS) is 10.7. The van der Waals surface area contributed by atoms with Gasteiger partial charge in [-0.2, -0.15) is 0 Å². The van der Waals surface area contributed by atoms with Crippen molar-refractivity contribution in [1.29, 1.82) is 0 Å². The van der Waals surface area contributed by atoms with Gasteiger partial charge in [0.05, 0.1) is 11.1 Å². The molecule has 0 atom stereocenters. The van der Waals surface area contributed by atoms with Crippen LogP contribution in [0.5, 0.6) is 11.5 Å². The summed E-state index contributed by atoms with van der Waals surface area (Å²) in [6.45, 7) is 4.51. The highest BCUT2D eigenvalue weighted by Crippen LogP contribution is 2.27. The molecular weight excluding hydrogens is 373 g/mol. The summed E-state index contributed by atoms with van der Waals surface area (Å²) in [6.07, 6.45) is 1.89. The van der Waals surface area contributed by atoms with Gasteiger partial charge in [-0.15, -0.1) is 0 Å². The lowest BCUT2D eigenvalue weighted by atomic mass is 10.1. The van der Waals surface area contributed by atoms with Crippen molar-refractivity contribution < 1.29 is 14.3 Å². The van der Waals surface area contributed by atoms with Gasteiger partial charge >= 0.3 is 0 Å². The number of hydrogen-bond donors (Lipinski definition) is 1. The van der Waals surface area contributed by atoms with Gasteiger partial charge in [-0.05, 0) is 62.6 Å². The second-order valence-electron chi connectivity index (χ2n) is 6.13. The van der Waals surface area contributed by atoms with Crippen LogP contribution in [0.2, 0.25) is 10.0 Å². The summed E-state index contributed by atoms with van der Waals surface area (Å²) >= 11 is 11.8. The van der Waals surface area contributed by atoms with Crippen molar-refractivity contribution in [2.75, 3.05) is 13.2 Å². The van der Waals surface area contributed by atoms with E-state index in [1.807, 2.05) is 38.1 Å². The number of amides is 1. The van der Waals surface area contributed by atoms with Crippen LogP contribution in [0.4, 0.5) is 0 Å². The van der Waals surface area contributed by atoms with Crippen LogP contribution in [0.1, 0.15) is 25.8 Å². The van der Waals surface area contributed by atoms with Crippen LogP contribution in [0.15, 0.2) is 42.5 Å². The molecule has 1 amide bonds. The zero-order valence-corrected chi connectivity index (χ0v) is 16.4. The molecule has 0 saturated heterocycles. The van der Waals surface area contributed by atoms with E-state index in [2.05, 4.69) is 5.32 Å².